The molecule has 3 aromatic carbocycles. The second-order valence-electron chi connectivity index (χ2n) is 12.2. The van der Waals surface area contributed by atoms with Crippen LogP contribution in [0, 0.1) is 10.1 Å². The molecule has 0 aliphatic carbocycles. The lowest BCUT2D eigenvalue weighted by atomic mass is 9.99. The maximum atomic E-state index is 12.4. The summed E-state index contributed by atoms with van der Waals surface area (Å²) in [5.74, 6) is -0.540. The summed E-state index contributed by atoms with van der Waals surface area (Å²) >= 11 is 0. The minimum absolute atomic E-state index is 0.0295. The molecule has 2 saturated heterocycles. The molecule has 2 aliphatic heterocycles. The summed E-state index contributed by atoms with van der Waals surface area (Å²) in [4.78, 5) is 38.8. The Morgan fingerprint density at radius 1 is 0.833 bits per heavy atom. The van der Waals surface area contributed by atoms with Crippen LogP contribution in [0.2, 0.25) is 0 Å². The molecule has 2 fully saturated rings. The number of hydroxylamine groups is 1. The Morgan fingerprint density at radius 3 is 2.10 bits per heavy atom. The molecule has 5 rings (SSSR count). The van der Waals surface area contributed by atoms with E-state index in [1.54, 1.807) is 29.7 Å². The van der Waals surface area contributed by atoms with Crippen molar-refractivity contribution in [3.05, 3.63) is 99.6 Å². The molecule has 0 radical (unpaired) electrons. The standard InChI is InChI=1S/C35H43N5O8/c41-24-25-6-8-26(9-7-25)32-22-31(23-38-18-20-39(21-19-38)29-14-16-30(17-15-29)40(45)46)47-35(48-32)27-10-12-28(13-11-27)36-33(42)4-2-1-3-5-34(43)37-44/h6-17,31-32,35,41,44H,1-5,18-24H2,(H,36,42)(H,37,43)/t31-,32+,35+/m1/s1. The van der Waals surface area contributed by atoms with Gasteiger partial charge in [-0.15, -0.1) is 0 Å². The molecule has 2 amide bonds. The number of nitro groups is 1. The molecule has 0 unspecified atom stereocenters. The van der Waals surface area contributed by atoms with Gasteiger partial charge in [0.1, 0.15) is 0 Å². The molecule has 4 N–H and O–H groups in total. The van der Waals surface area contributed by atoms with E-state index in [-0.39, 0.29) is 41.8 Å². The van der Waals surface area contributed by atoms with Crippen molar-refractivity contribution < 1.29 is 34.3 Å². The van der Waals surface area contributed by atoms with Crippen LogP contribution in [0.5, 0.6) is 0 Å². The number of carbonyl (C=O) groups excluding carboxylic acids is 2. The maximum Gasteiger partial charge on any atom is 0.269 e. The van der Waals surface area contributed by atoms with E-state index < -0.39 is 12.2 Å². The third-order valence-electron chi connectivity index (χ3n) is 8.77. The van der Waals surface area contributed by atoms with Crippen molar-refractivity contribution in [3.8, 4) is 0 Å². The number of hydrogen-bond acceptors (Lipinski definition) is 10. The van der Waals surface area contributed by atoms with E-state index in [2.05, 4.69) is 15.1 Å². The number of non-ortho nitro benzene ring substituents is 1. The van der Waals surface area contributed by atoms with Gasteiger partial charge in [0.05, 0.1) is 23.7 Å². The van der Waals surface area contributed by atoms with Crippen molar-refractivity contribution in [2.75, 3.05) is 42.9 Å². The first kappa shape index (κ1) is 34.9. The van der Waals surface area contributed by atoms with Crippen molar-refractivity contribution in [2.24, 2.45) is 0 Å². The topological polar surface area (TPSA) is 167 Å². The fourth-order valence-electron chi connectivity index (χ4n) is 6.05. The van der Waals surface area contributed by atoms with Crippen LogP contribution >= 0.6 is 0 Å². The molecule has 0 spiro atoms. The van der Waals surface area contributed by atoms with Gasteiger partial charge < -0.3 is 24.8 Å². The fourth-order valence-corrected chi connectivity index (χ4v) is 6.05. The zero-order valence-corrected chi connectivity index (χ0v) is 26.8. The van der Waals surface area contributed by atoms with Crippen LogP contribution in [0.3, 0.4) is 0 Å². The third-order valence-corrected chi connectivity index (χ3v) is 8.77. The minimum atomic E-state index is -0.617. The summed E-state index contributed by atoms with van der Waals surface area (Å²) in [5.41, 5.74) is 6.00. The molecular formula is C35H43N5O8. The highest BCUT2D eigenvalue weighted by Gasteiger charge is 2.34. The Morgan fingerprint density at radius 2 is 1.48 bits per heavy atom. The Kier molecular flexibility index (Phi) is 12.5. The van der Waals surface area contributed by atoms with Crippen LogP contribution in [-0.4, -0.2) is 70.8 Å². The van der Waals surface area contributed by atoms with Gasteiger partial charge >= 0.3 is 0 Å². The first-order chi connectivity index (χ1) is 23.3. The molecule has 48 heavy (non-hydrogen) atoms. The number of aliphatic hydroxyl groups excluding tert-OH is 1. The lowest BCUT2D eigenvalue weighted by molar-refractivity contribution is -0.384. The first-order valence-electron chi connectivity index (χ1n) is 16.4. The van der Waals surface area contributed by atoms with E-state index in [1.807, 2.05) is 48.5 Å². The van der Waals surface area contributed by atoms with Gasteiger partial charge in [-0.1, -0.05) is 42.8 Å². The summed E-state index contributed by atoms with van der Waals surface area (Å²) in [6.45, 7) is 3.93. The minimum Gasteiger partial charge on any atom is -0.392 e. The summed E-state index contributed by atoms with van der Waals surface area (Å²) in [5, 5.41) is 32.0. The maximum absolute atomic E-state index is 12.4. The number of nitro benzene ring substituents is 1. The average Bonchev–Trinajstić information content (AvgIpc) is 3.12. The van der Waals surface area contributed by atoms with Crippen molar-refractivity contribution >= 4 is 28.9 Å². The molecule has 13 nitrogen and oxygen atoms in total. The number of carbonyl (C=O) groups is 2. The summed E-state index contributed by atoms with van der Waals surface area (Å²) in [7, 11) is 0. The molecule has 3 atom stereocenters. The number of amides is 2. The molecule has 2 aliphatic rings. The van der Waals surface area contributed by atoms with Gasteiger partial charge in [-0.05, 0) is 48.2 Å². The number of nitrogens with one attached hydrogen (secondary N) is 2. The van der Waals surface area contributed by atoms with Crippen LogP contribution in [0.15, 0.2) is 72.8 Å². The van der Waals surface area contributed by atoms with Gasteiger partial charge in [0.15, 0.2) is 6.29 Å². The number of hydrogen-bond donors (Lipinski definition) is 4. The van der Waals surface area contributed by atoms with Gasteiger partial charge in [0, 0.05) is 81.1 Å². The Hall–Kier alpha value is -4.40. The van der Waals surface area contributed by atoms with Crippen LogP contribution in [0.25, 0.3) is 0 Å². The number of rotatable bonds is 14. The van der Waals surface area contributed by atoms with E-state index in [0.717, 1.165) is 55.1 Å². The van der Waals surface area contributed by atoms with Crippen molar-refractivity contribution in [1.82, 2.24) is 10.4 Å². The highest BCUT2D eigenvalue weighted by Crippen LogP contribution is 2.38. The zero-order chi connectivity index (χ0) is 33.9. The van der Waals surface area contributed by atoms with E-state index >= 15 is 0 Å². The molecule has 0 aromatic heterocycles. The third kappa shape index (κ3) is 9.81. The SMILES string of the molecule is O=C(CCCCCC(=O)Nc1ccc([C@H]2O[C@@H](CN3CCN(c4ccc([N+](=O)[O-])cc4)CC3)C[C@@H](c3ccc(CO)cc3)O2)cc1)NO. The lowest BCUT2D eigenvalue weighted by Crippen LogP contribution is -2.49. The largest absolute Gasteiger partial charge is 0.392 e. The predicted octanol–water partition coefficient (Wildman–Crippen LogP) is 4.85. The second kappa shape index (κ2) is 17.1. The van der Waals surface area contributed by atoms with Crippen LogP contribution in [0.1, 0.15) is 67.6 Å². The quantitative estimate of drug-likeness (QED) is 0.0812. The van der Waals surface area contributed by atoms with Gasteiger partial charge in [-0.25, -0.2) is 5.48 Å². The normalized spacial score (nSPS) is 19.9. The summed E-state index contributed by atoms with van der Waals surface area (Å²) < 4.78 is 13.0. The second-order valence-corrected chi connectivity index (χ2v) is 12.2. The number of unbranched alkanes of at least 4 members (excludes halogenated alkanes) is 2. The van der Waals surface area contributed by atoms with Gasteiger partial charge in [0.2, 0.25) is 11.8 Å². The number of benzene rings is 3. The average molecular weight is 662 g/mol. The molecule has 0 bridgehead atoms. The summed E-state index contributed by atoms with van der Waals surface area (Å²) in [6.07, 6.45) is 2.22. The zero-order valence-electron chi connectivity index (χ0n) is 26.8. The number of ether oxygens (including phenoxy) is 2. The highest BCUT2D eigenvalue weighted by atomic mass is 16.7. The number of aliphatic hydroxyl groups is 1. The molecule has 13 heteroatoms. The van der Waals surface area contributed by atoms with Crippen LogP contribution in [-0.2, 0) is 25.7 Å². The van der Waals surface area contributed by atoms with Crippen molar-refractivity contribution in [3.63, 3.8) is 0 Å². The Labute approximate surface area is 279 Å². The highest BCUT2D eigenvalue weighted by molar-refractivity contribution is 5.90. The molecule has 256 valence electrons. The van der Waals surface area contributed by atoms with Gasteiger partial charge in [0.25, 0.3) is 5.69 Å². The fraction of sp³-hybridized carbons (Fsp3) is 0.429. The Bertz CT molecular complexity index is 1490. The first-order valence-corrected chi connectivity index (χ1v) is 16.4. The number of nitrogens with zero attached hydrogens (tertiary/aromatic N) is 3. The van der Waals surface area contributed by atoms with Gasteiger partial charge in [-0.2, -0.15) is 0 Å². The summed E-state index contributed by atoms with van der Waals surface area (Å²) in [6, 6.07) is 21.9. The molecule has 3 aromatic rings. The molecular weight excluding hydrogens is 618 g/mol. The lowest BCUT2D eigenvalue weighted by Gasteiger charge is -2.41. The smallest absolute Gasteiger partial charge is 0.269 e. The van der Waals surface area contributed by atoms with E-state index in [9.17, 15) is 24.8 Å². The van der Waals surface area contributed by atoms with E-state index in [0.29, 0.717) is 37.8 Å². The van der Waals surface area contributed by atoms with E-state index in [4.69, 9.17) is 14.7 Å². The van der Waals surface area contributed by atoms with Crippen molar-refractivity contribution in [2.45, 2.75) is 63.6 Å². The van der Waals surface area contributed by atoms with Crippen molar-refractivity contribution in [1.29, 1.82) is 0 Å². The van der Waals surface area contributed by atoms with E-state index in [1.165, 1.54) is 0 Å². The van der Waals surface area contributed by atoms with Crippen LogP contribution < -0.4 is 15.7 Å². The monoisotopic (exact) mass is 661 g/mol. The number of piperazine rings is 1. The molecule has 0 saturated carbocycles. The number of anilines is 2. The Balaban J connectivity index is 1.18. The van der Waals surface area contributed by atoms with Crippen LogP contribution in [0.4, 0.5) is 17.1 Å². The predicted molar refractivity (Wildman–Crippen MR) is 178 cm³/mol. The van der Waals surface area contributed by atoms with Gasteiger partial charge in [-0.3, -0.25) is 29.8 Å². The molecule has 2 heterocycles.